The van der Waals surface area contributed by atoms with Crippen LogP contribution in [0.15, 0.2) is 48.6 Å². The van der Waals surface area contributed by atoms with Crippen LogP contribution in [0.5, 0.6) is 0 Å². The molecule has 2 aromatic rings. The van der Waals surface area contributed by atoms with Crippen LogP contribution in [0.4, 0.5) is 11.4 Å². The summed E-state index contributed by atoms with van der Waals surface area (Å²) in [5.74, 6) is 0. The lowest BCUT2D eigenvalue weighted by atomic mass is 10.2. The maximum absolute atomic E-state index is 12.5. The summed E-state index contributed by atoms with van der Waals surface area (Å²) in [6.45, 7) is 1.92. The van der Waals surface area contributed by atoms with Crippen molar-refractivity contribution in [3.05, 3.63) is 49.3 Å². The first-order chi connectivity index (χ1) is 9.70. The Bertz CT molecular complexity index is 784. The molecule has 2 rings (SSSR count). The Morgan fingerprint density at radius 3 is 2.19 bits per heavy atom. The quantitative estimate of drug-likeness (QED) is 0.604. The number of nitrogens with one attached hydrogen (secondary N) is 1. The van der Waals surface area contributed by atoms with Crippen molar-refractivity contribution in [3.8, 4) is 0 Å². The minimum atomic E-state index is -3.79. The van der Waals surface area contributed by atoms with Gasteiger partial charge in [-0.2, -0.15) is 0 Å². The van der Waals surface area contributed by atoms with Crippen molar-refractivity contribution in [1.29, 1.82) is 0 Å². The molecule has 0 amide bonds. The molecule has 0 unspecified atom stereocenters. The van der Waals surface area contributed by atoms with Crippen LogP contribution >= 0.6 is 47.8 Å². The smallest absolute Gasteiger partial charge is 0.264 e. The SMILES string of the molecule is Cc1cc(Br)c(NS(=O)(=O)c2cc(Br)ccc2N)c(Br)c1. The standard InChI is InChI=1S/C13H11Br3N2O2S/c1-7-4-9(15)13(10(16)5-7)18-21(19,20)12-6-8(14)2-3-11(12)17/h2-6,18H,17H2,1H3. The Morgan fingerprint density at radius 1 is 1.05 bits per heavy atom. The molecule has 0 saturated heterocycles. The molecule has 0 spiro atoms. The van der Waals surface area contributed by atoms with E-state index in [1.807, 2.05) is 19.1 Å². The van der Waals surface area contributed by atoms with E-state index in [2.05, 4.69) is 52.5 Å². The van der Waals surface area contributed by atoms with E-state index in [9.17, 15) is 8.42 Å². The van der Waals surface area contributed by atoms with Gasteiger partial charge < -0.3 is 5.73 Å². The maximum Gasteiger partial charge on any atom is 0.264 e. The number of hydrogen-bond acceptors (Lipinski definition) is 3. The molecule has 2 aromatic carbocycles. The average molecular weight is 499 g/mol. The number of anilines is 2. The van der Waals surface area contributed by atoms with Gasteiger partial charge in [0.2, 0.25) is 0 Å². The van der Waals surface area contributed by atoms with E-state index in [4.69, 9.17) is 5.73 Å². The van der Waals surface area contributed by atoms with Crippen molar-refractivity contribution in [1.82, 2.24) is 0 Å². The number of nitrogens with two attached hydrogens (primary N) is 1. The lowest BCUT2D eigenvalue weighted by molar-refractivity contribution is 0.601. The normalized spacial score (nSPS) is 11.4. The van der Waals surface area contributed by atoms with Gasteiger partial charge in [-0.25, -0.2) is 8.42 Å². The van der Waals surface area contributed by atoms with E-state index < -0.39 is 10.0 Å². The summed E-state index contributed by atoms with van der Waals surface area (Å²) in [6.07, 6.45) is 0. The highest BCUT2D eigenvalue weighted by Crippen LogP contribution is 2.35. The Balaban J connectivity index is 2.50. The van der Waals surface area contributed by atoms with Crippen LogP contribution in [-0.4, -0.2) is 8.42 Å². The molecule has 4 nitrogen and oxygen atoms in total. The van der Waals surface area contributed by atoms with Crippen LogP contribution in [0, 0.1) is 6.92 Å². The van der Waals surface area contributed by atoms with E-state index >= 15 is 0 Å². The van der Waals surface area contributed by atoms with Crippen LogP contribution in [0.2, 0.25) is 0 Å². The molecule has 21 heavy (non-hydrogen) atoms. The predicted molar refractivity (Wildman–Crippen MR) is 95.9 cm³/mol. The summed E-state index contributed by atoms with van der Waals surface area (Å²) in [6, 6.07) is 8.34. The van der Waals surface area contributed by atoms with Crippen molar-refractivity contribution in [2.24, 2.45) is 0 Å². The van der Waals surface area contributed by atoms with Crippen LogP contribution in [-0.2, 0) is 10.0 Å². The third kappa shape index (κ3) is 3.80. The van der Waals surface area contributed by atoms with Gasteiger partial charge in [-0.1, -0.05) is 15.9 Å². The first-order valence-electron chi connectivity index (χ1n) is 5.74. The fourth-order valence-corrected chi connectivity index (χ4v) is 5.38. The number of sulfonamides is 1. The number of halogens is 3. The molecule has 0 heterocycles. The van der Waals surface area contributed by atoms with Gasteiger partial charge in [-0.15, -0.1) is 0 Å². The summed E-state index contributed by atoms with van der Waals surface area (Å²) >= 11 is 9.96. The second-order valence-electron chi connectivity index (χ2n) is 4.39. The average Bonchev–Trinajstić information content (AvgIpc) is 2.36. The minimum Gasteiger partial charge on any atom is -0.398 e. The highest BCUT2D eigenvalue weighted by molar-refractivity contribution is 9.11. The summed E-state index contributed by atoms with van der Waals surface area (Å²) in [4.78, 5) is 0.0243. The van der Waals surface area contributed by atoms with Gasteiger partial charge in [0.1, 0.15) is 4.90 Å². The molecule has 0 bridgehead atoms. The van der Waals surface area contributed by atoms with Crippen molar-refractivity contribution >= 4 is 69.2 Å². The Labute approximate surface area is 148 Å². The van der Waals surface area contributed by atoms with Crippen LogP contribution in [0.3, 0.4) is 0 Å². The number of nitrogen functional groups attached to an aromatic ring is 1. The van der Waals surface area contributed by atoms with Crippen molar-refractivity contribution in [2.75, 3.05) is 10.5 Å². The van der Waals surface area contributed by atoms with E-state index in [0.29, 0.717) is 19.1 Å². The highest BCUT2D eigenvalue weighted by Gasteiger charge is 2.20. The first-order valence-corrected chi connectivity index (χ1v) is 9.60. The van der Waals surface area contributed by atoms with Crippen LogP contribution in [0.1, 0.15) is 5.56 Å². The van der Waals surface area contributed by atoms with Gasteiger partial charge in [-0.05, 0) is 74.7 Å². The lowest BCUT2D eigenvalue weighted by Crippen LogP contribution is -2.15. The van der Waals surface area contributed by atoms with E-state index in [-0.39, 0.29) is 10.6 Å². The van der Waals surface area contributed by atoms with Crippen LogP contribution in [0.25, 0.3) is 0 Å². The zero-order valence-corrected chi connectivity index (χ0v) is 16.4. The lowest BCUT2D eigenvalue weighted by Gasteiger charge is -2.14. The van der Waals surface area contributed by atoms with E-state index in [1.54, 1.807) is 6.07 Å². The van der Waals surface area contributed by atoms with Crippen molar-refractivity contribution in [3.63, 3.8) is 0 Å². The first kappa shape index (κ1) is 16.8. The summed E-state index contributed by atoms with van der Waals surface area (Å²) in [5, 5.41) is 0. The van der Waals surface area contributed by atoms with Gasteiger partial charge in [-0.3, -0.25) is 4.72 Å². The fraction of sp³-hybridized carbons (Fsp3) is 0.0769. The third-order valence-corrected chi connectivity index (χ3v) is 5.84. The second kappa shape index (κ2) is 6.28. The summed E-state index contributed by atoms with van der Waals surface area (Å²) in [7, 11) is -3.79. The number of rotatable bonds is 3. The molecule has 0 atom stereocenters. The molecule has 0 aliphatic rings. The third-order valence-electron chi connectivity index (χ3n) is 2.69. The van der Waals surface area contributed by atoms with Gasteiger partial charge >= 0.3 is 0 Å². The summed E-state index contributed by atoms with van der Waals surface area (Å²) < 4.78 is 29.5. The van der Waals surface area contributed by atoms with E-state index in [1.165, 1.54) is 12.1 Å². The molecule has 0 aromatic heterocycles. The molecule has 0 saturated carbocycles. The zero-order valence-electron chi connectivity index (χ0n) is 10.8. The van der Waals surface area contributed by atoms with Gasteiger partial charge in [0.25, 0.3) is 10.0 Å². The zero-order chi connectivity index (χ0) is 15.8. The molecule has 0 radical (unpaired) electrons. The highest BCUT2D eigenvalue weighted by atomic mass is 79.9. The Morgan fingerprint density at radius 2 is 1.62 bits per heavy atom. The molecule has 3 N–H and O–H groups in total. The fourth-order valence-electron chi connectivity index (χ4n) is 1.73. The second-order valence-corrected chi connectivity index (χ2v) is 8.67. The molecule has 0 aliphatic carbocycles. The van der Waals surface area contributed by atoms with Crippen molar-refractivity contribution < 1.29 is 8.42 Å². The number of benzene rings is 2. The van der Waals surface area contributed by atoms with Gasteiger partial charge in [0.15, 0.2) is 0 Å². The number of hydrogen-bond donors (Lipinski definition) is 2. The van der Waals surface area contributed by atoms with Gasteiger partial charge in [0.05, 0.1) is 11.4 Å². The minimum absolute atomic E-state index is 0.0243. The topological polar surface area (TPSA) is 72.2 Å². The van der Waals surface area contributed by atoms with Crippen molar-refractivity contribution in [2.45, 2.75) is 11.8 Å². The molecule has 0 aliphatic heterocycles. The Kier molecular flexibility index (Phi) is 5.02. The molecule has 0 fully saturated rings. The molecule has 8 heteroatoms. The van der Waals surface area contributed by atoms with Crippen LogP contribution < -0.4 is 10.5 Å². The number of aryl methyl sites for hydroxylation is 1. The predicted octanol–water partition coefficient (Wildman–Crippen LogP) is 4.67. The molecular formula is C13H11Br3N2O2S. The Hall–Kier alpha value is -0.570. The largest absolute Gasteiger partial charge is 0.398 e. The van der Waals surface area contributed by atoms with Gasteiger partial charge in [0, 0.05) is 13.4 Å². The maximum atomic E-state index is 12.5. The molecule has 112 valence electrons. The monoisotopic (exact) mass is 496 g/mol. The van der Waals surface area contributed by atoms with E-state index in [0.717, 1.165) is 5.56 Å². The molecular weight excluding hydrogens is 488 g/mol. The summed E-state index contributed by atoms with van der Waals surface area (Å²) in [5.41, 5.74) is 7.38.